The molecule has 1 aromatic heterocycles. The first-order valence-electron chi connectivity index (χ1n) is 13.8. The quantitative estimate of drug-likeness (QED) is 0.352. The van der Waals surface area contributed by atoms with E-state index >= 15 is 0 Å². The van der Waals surface area contributed by atoms with E-state index in [1.54, 1.807) is 26.6 Å². The molecule has 0 bridgehead atoms. The lowest BCUT2D eigenvalue weighted by Crippen LogP contribution is -2.52. The van der Waals surface area contributed by atoms with Gasteiger partial charge in [-0.25, -0.2) is 4.98 Å². The summed E-state index contributed by atoms with van der Waals surface area (Å²) in [5, 5.41) is 7.68. The van der Waals surface area contributed by atoms with Crippen LogP contribution in [0.4, 0.5) is 28.8 Å². The molecule has 2 aliphatic rings. The number of hydrogen-bond donors (Lipinski definition) is 2. The van der Waals surface area contributed by atoms with Crippen molar-refractivity contribution in [2.75, 3.05) is 82.3 Å². The van der Waals surface area contributed by atoms with Gasteiger partial charge in [0.05, 0.1) is 19.0 Å². The molecule has 9 nitrogen and oxygen atoms in total. The van der Waals surface area contributed by atoms with Crippen molar-refractivity contribution in [3.05, 3.63) is 53.7 Å². The molecule has 3 aromatic rings. The molecular formula is C29H39ClN7O2P. The largest absolute Gasteiger partial charge is 0.494 e. The van der Waals surface area contributed by atoms with Crippen molar-refractivity contribution in [1.29, 1.82) is 0 Å². The van der Waals surface area contributed by atoms with E-state index in [2.05, 4.69) is 54.5 Å². The Morgan fingerprint density at radius 1 is 1.00 bits per heavy atom. The lowest BCUT2D eigenvalue weighted by atomic mass is 10.0. The van der Waals surface area contributed by atoms with Crippen LogP contribution in [0.3, 0.4) is 0 Å². The van der Waals surface area contributed by atoms with E-state index in [-0.39, 0.29) is 0 Å². The normalized spacial score (nSPS) is 17.6. The third-order valence-electron chi connectivity index (χ3n) is 7.79. The fraction of sp³-hybridized carbons (Fsp3) is 0.448. The summed E-state index contributed by atoms with van der Waals surface area (Å²) in [4.78, 5) is 16.5. The van der Waals surface area contributed by atoms with Crippen LogP contribution in [-0.2, 0) is 4.57 Å². The molecule has 0 saturated carbocycles. The summed E-state index contributed by atoms with van der Waals surface area (Å²) >= 11 is 6.40. The van der Waals surface area contributed by atoms with Crippen LogP contribution in [-0.4, -0.2) is 92.6 Å². The zero-order valence-electron chi connectivity index (χ0n) is 23.7. The van der Waals surface area contributed by atoms with Crippen LogP contribution in [0.25, 0.3) is 0 Å². The van der Waals surface area contributed by atoms with Crippen LogP contribution in [0.2, 0.25) is 5.02 Å². The van der Waals surface area contributed by atoms with Crippen molar-refractivity contribution < 1.29 is 9.30 Å². The van der Waals surface area contributed by atoms with Crippen LogP contribution >= 0.6 is 18.7 Å². The number of hydrogen-bond acceptors (Lipinski definition) is 9. The molecule has 3 heterocycles. The smallest absolute Gasteiger partial charge is 0.229 e. The van der Waals surface area contributed by atoms with Crippen molar-refractivity contribution >= 4 is 52.9 Å². The molecule has 2 N–H and O–H groups in total. The summed E-state index contributed by atoms with van der Waals surface area (Å²) in [5.74, 6) is 1.57. The first kappa shape index (κ1) is 28.7. The molecular weight excluding hydrogens is 545 g/mol. The Balaban J connectivity index is 1.25. The van der Waals surface area contributed by atoms with E-state index in [1.807, 2.05) is 30.3 Å². The summed E-state index contributed by atoms with van der Waals surface area (Å²) in [5.41, 5.74) is 2.68. The van der Waals surface area contributed by atoms with Crippen molar-refractivity contribution in [3.63, 3.8) is 0 Å². The number of nitrogens with zero attached hydrogens (tertiary/aromatic N) is 5. The van der Waals surface area contributed by atoms with Gasteiger partial charge in [-0.05, 0) is 57.5 Å². The summed E-state index contributed by atoms with van der Waals surface area (Å²) in [7, 11) is 1.49. The van der Waals surface area contributed by atoms with Gasteiger partial charge in [-0.15, -0.1) is 0 Å². The maximum absolute atomic E-state index is 12.5. The molecule has 0 atom stereocenters. The van der Waals surface area contributed by atoms with Crippen LogP contribution in [0.5, 0.6) is 5.75 Å². The van der Waals surface area contributed by atoms with Gasteiger partial charge in [-0.3, -0.25) is 4.90 Å². The number of methoxy groups -OCH3 is 1. The first-order valence-corrected chi connectivity index (χ1v) is 16.8. The summed E-state index contributed by atoms with van der Waals surface area (Å²) < 4.78 is 18.3. The number of piperidine rings is 1. The van der Waals surface area contributed by atoms with Crippen LogP contribution in [0.15, 0.2) is 48.7 Å². The van der Waals surface area contributed by atoms with E-state index in [0.717, 1.165) is 54.3 Å². The summed E-state index contributed by atoms with van der Waals surface area (Å²) in [6.07, 6.45) is 3.91. The second kappa shape index (κ2) is 12.4. The maximum Gasteiger partial charge on any atom is 0.229 e. The third kappa shape index (κ3) is 6.89. The Morgan fingerprint density at radius 2 is 1.75 bits per heavy atom. The number of benzene rings is 2. The zero-order chi connectivity index (χ0) is 28.3. The Kier molecular flexibility index (Phi) is 8.86. The molecule has 2 saturated heterocycles. The Bertz CT molecular complexity index is 1370. The SMILES string of the molecule is COc1cc(N2CCC(N3CCN(C)CC3)CC2)ccc1Nc1ncc(Cl)c(Nc2cccc(P(C)(C)=O)c2)n1. The summed E-state index contributed by atoms with van der Waals surface area (Å²) in [6, 6.07) is 14.4. The van der Waals surface area contributed by atoms with Crippen molar-refractivity contribution in [3.8, 4) is 5.75 Å². The monoisotopic (exact) mass is 583 g/mol. The van der Waals surface area contributed by atoms with E-state index in [9.17, 15) is 4.57 Å². The zero-order valence-corrected chi connectivity index (χ0v) is 25.4. The molecule has 40 heavy (non-hydrogen) atoms. The first-order chi connectivity index (χ1) is 19.2. The fourth-order valence-electron chi connectivity index (χ4n) is 5.35. The average molecular weight is 584 g/mol. The number of halogens is 1. The molecule has 0 unspecified atom stereocenters. The Hall–Kier alpha value is -2.84. The Morgan fingerprint density at radius 3 is 2.45 bits per heavy atom. The van der Waals surface area contributed by atoms with Gasteiger partial charge in [0.25, 0.3) is 0 Å². The molecule has 0 radical (unpaired) electrons. The van der Waals surface area contributed by atoms with E-state index < -0.39 is 7.14 Å². The molecule has 214 valence electrons. The van der Waals surface area contributed by atoms with Gasteiger partial charge in [0, 0.05) is 68.1 Å². The van der Waals surface area contributed by atoms with E-state index in [4.69, 9.17) is 16.3 Å². The molecule has 2 aliphatic heterocycles. The van der Waals surface area contributed by atoms with Gasteiger partial charge >= 0.3 is 0 Å². The molecule has 0 amide bonds. The molecule has 2 aromatic carbocycles. The van der Waals surface area contributed by atoms with Gasteiger partial charge < -0.3 is 29.7 Å². The topological polar surface area (TPSA) is 85.9 Å². The van der Waals surface area contributed by atoms with Crippen LogP contribution in [0, 0.1) is 0 Å². The van der Waals surface area contributed by atoms with Gasteiger partial charge in [-0.2, -0.15) is 4.98 Å². The fourth-order valence-corrected chi connectivity index (χ4v) is 6.38. The highest BCUT2D eigenvalue weighted by Gasteiger charge is 2.27. The van der Waals surface area contributed by atoms with Gasteiger partial charge in [-0.1, -0.05) is 23.7 Å². The molecule has 11 heteroatoms. The maximum atomic E-state index is 12.5. The van der Waals surface area contributed by atoms with Gasteiger partial charge in [0.1, 0.15) is 17.9 Å². The van der Waals surface area contributed by atoms with Crippen LogP contribution < -0.4 is 25.6 Å². The average Bonchev–Trinajstić information content (AvgIpc) is 2.95. The number of likely N-dealkylation sites (N-methyl/N-ethyl adjacent to an activating group) is 1. The van der Waals surface area contributed by atoms with Crippen molar-refractivity contribution in [2.24, 2.45) is 0 Å². The summed E-state index contributed by atoms with van der Waals surface area (Å²) in [6.45, 7) is 10.2. The van der Waals surface area contributed by atoms with Gasteiger partial charge in [0.2, 0.25) is 5.95 Å². The third-order valence-corrected chi connectivity index (χ3v) is 9.59. The highest BCUT2D eigenvalue weighted by Crippen LogP contribution is 2.36. The minimum absolute atomic E-state index is 0.384. The van der Waals surface area contributed by atoms with Crippen molar-refractivity contribution in [2.45, 2.75) is 18.9 Å². The van der Waals surface area contributed by atoms with E-state index in [1.165, 1.54) is 25.9 Å². The minimum atomic E-state index is -2.39. The molecule has 0 spiro atoms. The highest BCUT2D eigenvalue weighted by molar-refractivity contribution is 7.70. The number of aromatic nitrogens is 2. The number of ether oxygens (including phenoxy) is 1. The highest BCUT2D eigenvalue weighted by atomic mass is 35.5. The Labute approximate surface area is 242 Å². The predicted octanol–water partition coefficient (Wildman–Crippen LogP) is 5.09. The van der Waals surface area contributed by atoms with E-state index in [0.29, 0.717) is 22.8 Å². The second-order valence-electron chi connectivity index (χ2n) is 11.0. The lowest BCUT2D eigenvalue weighted by Gasteiger charge is -2.42. The lowest BCUT2D eigenvalue weighted by molar-refractivity contribution is 0.0982. The predicted molar refractivity (Wildman–Crippen MR) is 166 cm³/mol. The van der Waals surface area contributed by atoms with Gasteiger partial charge in [0.15, 0.2) is 5.82 Å². The molecule has 0 aliphatic carbocycles. The number of piperazine rings is 1. The molecule has 2 fully saturated rings. The van der Waals surface area contributed by atoms with Crippen LogP contribution in [0.1, 0.15) is 12.8 Å². The molecule has 5 rings (SSSR count). The minimum Gasteiger partial charge on any atom is -0.494 e. The number of anilines is 5. The number of nitrogens with one attached hydrogen (secondary N) is 2. The number of rotatable bonds is 8. The standard InChI is InChI=1S/C29H39ClN7O2P/c1-35-14-16-37(17-15-35)22-10-12-36(13-11-22)23-8-9-26(27(19-23)39-2)33-29-31-20-25(30)28(34-29)32-21-6-5-7-24(18-21)40(3,4)38/h5-9,18-20,22H,10-17H2,1-4H3,(H2,31,32,33,34). The second-order valence-corrected chi connectivity index (χ2v) is 14.6. The van der Waals surface area contributed by atoms with Crippen molar-refractivity contribution in [1.82, 2.24) is 19.8 Å².